The van der Waals surface area contributed by atoms with Crippen LogP contribution in [0.4, 0.5) is 0 Å². The number of aliphatic hydroxyl groups is 2. The standard InChI is InChI=1S/C10H9BrO9S/c11-6-3-1-5(2-4-6)9(16,7(12)13)10(17,8(14)15)21(18,19)20/h1-4,16-17H,(H,12,13)(H,14,15)(H,18,19,20). The predicted octanol–water partition coefficient (Wildman–Crippen LogP) is -0.618. The van der Waals surface area contributed by atoms with Crippen molar-refractivity contribution in [3.05, 3.63) is 34.3 Å². The van der Waals surface area contributed by atoms with Gasteiger partial charge in [-0.1, -0.05) is 28.1 Å². The molecule has 0 saturated carbocycles. The minimum atomic E-state index is -5.91. The highest BCUT2D eigenvalue weighted by Crippen LogP contribution is 2.38. The molecule has 11 heteroatoms. The maximum Gasteiger partial charge on any atom is 0.358 e. The molecule has 0 saturated heterocycles. The Morgan fingerprint density at radius 1 is 1.00 bits per heavy atom. The average molecular weight is 385 g/mol. The molecule has 0 fully saturated rings. The second kappa shape index (κ2) is 5.35. The van der Waals surface area contributed by atoms with Gasteiger partial charge in [-0.3, -0.25) is 4.55 Å². The van der Waals surface area contributed by atoms with Crippen molar-refractivity contribution in [2.45, 2.75) is 10.5 Å². The van der Waals surface area contributed by atoms with Gasteiger partial charge in [0.25, 0.3) is 0 Å². The zero-order chi connectivity index (χ0) is 16.6. The van der Waals surface area contributed by atoms with Crippen molar-refractivity contribution in [2.75, 3.05) is 0 Å². The molecule has 1 aromatic carbocycles. The average Bonchev–Trinajstić information content (AvgIpc) is 2.35. The molecule has 1 rings (SSSR count). The highest BCUT2D eigenvalue weighted by atomic mass is 79.9. The SMILES string of the molecule is O=C(O)C(O)(c1ccc(Br)cc1)C(O)(C(=O)O)S(=O)(=O)O. The van der Waals surface area contributed by atoms with E-state index >= 15 is 0 Å². The molecule has 5 N–H and O–H groups in total. The molecule has 0 aliphatic heterocycles. The van der Waals surface area contributed by atoms with Crippen LogP contribution in [0, 0.1) is 0 Å². The number of aliphatic carboxylic acids is 2. The van der Waals surface area contributed by atoms with Gasteiger partial charge < -0.3 is 20.4 Å². The van der Waals surface area contributed by atoms with Crippen molar-refractivity contribution >= 4 is 38.0 Å². The van der Waals surface area contributed by atoms with Crippen LogP contribution in [0.25, 0.3) is 0 Å². The first kappa shape index (κ1) is 17.5. The summed E-state index contributed by atoms with van der Waals surface area (Å²) >= 11 is 2.99. The lowest BCUT2D eigenvalue weighted by molar-refractivity contribution is -0.193. The van der Waals surface area contributed by atoms with Crippen molar-refractivity contribution < 1.29 is 43.0 Å². The Morgan fingerprint density at radius 3 is 1.71 bits per heavy atom. The number of carboxylic acids is 2. The number of carbonyl (C=O) groups is 2. The van der Waals surface area contributed by atoms with Crippen molar-refractivity contribution in [3.63, 3.8) is 0 Å². The molecule has 2 unspecified atom stereocenters. The van der Waals surface area contributed by atoms with Crippen LogP contribution in [0.15, 0.2) is 28.7 Å². The molecule has 21 heavy (non-hydrogen) atoms. The van der Waals surface area contributed by atoms with E-state index in [1.54, 1.807) is 0 Å². The summed E-state index contributed by atoms with van der Waals surface area (Å²) < 4.78 is 31.7. The van der Waals surface area contributed by atoms with Crippen LogP contribution in [0.5, 0.6) is 0 Å². The minimum absolute atomic E-state index is 0.407. The highest BCUT2D eigenvalue weighted by molar-refractivity contribution is 9.10. The van der Waals surface area contributed by atoms with Crippen molar-refractivity contribution in [2.24, 2.45) is 0 Å². The fourth-order valence-electron chi connectivity index (χ4n) is 1.61. The van der Waals surface area contributed by atoms with E-state index in [9.17, 15) is 28.2 Å². The molecule has 116 valence electrons. The molecule has 0 aliphatic rings. The Balaban J connectivity index is 3.79. The third kappa shape index (κ3) is 2.53. The van der Waals surface area contributed by atoms with Gasteiger partial charge in [-0.15, -0.1) is 0 Å². The Hall–Kier alpha value is -1.53. The molecule has 0 amide bonds. The molecule has 0 aliphatic carbocycles. The molecular weight excluding hydrogens is 376 g/mol. The number of carboxylic acid groups (broad SMARTS) is 2. The van der Waals surface area contributed by atoms with Crippen LogP contribution >= 0.6 is 15.9 Å². The van der Waals surface area contributed by atoms with Crippen molar-refractivity contribution in [1.82, 2.24) is 0 Å². The third-order valence-electron chi connectivity index (χ3n) is 2.73. The first-order valence-electron chi connectivity index (χ1n) is 5.03. The summed E-state index contributed by atoms with van der Waals surface area (Å²) in [6.07, 6.45) is 0. The van der Waals surface area contributed by atoms with Gasteiger partial charge in [0, 0.05) is 4.47 Å². The van der Waals surface area contributed by atoms with Gasteiger partial charge in [0.15, 0.2) is 0 Å². The second-order valence-corrected chi connectivity index (χ2v) is 6.40. The van der Waals surface area contributed by atoms with E-state index in [2.05, 4.69) is 15.9 Å². The van der Waals surface area contributed by atoms with Crippen molar-refractivity contribution in [1.29, 1.82) is 0 Å². The van der Waals surface area contributed by atoms with Crippen LogP contribution in [0.3, 0.4) is 0 Å². The maximum atomic E-state index is 11.2. The zero-order valence-electron chi connectivity index (χ0n) is 9.96. The molecule has 1 aromatic rings. The molecule has 0 radical (unpaired) electrons. The minimum Gasteiger partial charge on any atom is -0.479 e. The molecule has 0 heterocycles. The van der Waals surface area contributed by atoms with Gasteiger partial charge >= 0.3 is 27.0 Å². The van der Waals surface area contributed by atoms with Crippen molar-refractivity contribution in [3.8, 4) is 0 Å². The van der Waals surface area contributed by atoms with E-state index in [4.69, 9.17) is 14.8 Å². The lowest BCUT2D eigenvalue weighted by Gasteiger charge is -2.34. The van der Waals surface area contributed by atoms with E-state index in [1.807, 2.05) is 0 Å². The van der Waals surface area contributed by atoms with E-state index in [-0.39, 0.29) is 0 Å². The Labute approximate surface area is 126 Å². The number of hydrogen-bond donors (Lipinski definition) is 5. The van der Waals surface area contributed by atoms with Gasteiger partial charge in [0.05, 0.1) is 0 Å². The van der Waals surface area contributed by atoms with Gasteiger partial charge in [0.1, 0.15) is 0 Å². The van der Waals surface area contributed by atoms with Gasteiger partial charge in [0.2, 0.25) is 5.60 Å². The zero-order valence-corrected chi connectivity index (χ0v) is 12.4. The summed E-state index contributed by atoms with van der Waals surface area (Å²) in [4.78, 5) is 17.9. The summed E-state index contributed by atoms with van der Waals surface area (Å²) in [5.74, 6) is -5.04. The lowest BCUT2D eigenvalue weighted by Crippen LogP contribution is -2.65. The summed E-state index contributed by atoms with van der Waals surface area (Å²) in [6.45, 7) is 0. The number of hydrogen-bond acceptors (Lipinski definition) is 6. The van der Waals surface area contributed by atoms with Gasteiger partial charge in [-0.05, 0) is 17.7 Å². The van der Waals surface area contributed by atoms with Crippen LogP contribution in [-0.2, 0) is 25.3 Å². The molecule has 2 atom stereocenters. The Bertz CT molecular complexity index is 683. The predicted molar refractivity (Wildman–Crippen MR) is 69.8 cm³/mol. The second-order valence-electron chi connectivity index (χ2n) is 3.95. The topological polar surface area (TPSA) is 169 Å². The van der Waals surface area contributed by atoms with E-state index < -0.39 is 38.2 Å². The third-order valence-corrected chi connectivity index (χ3v) is 4.47. The summed E-state index contributed by atoms with van der Waals surface area (Å²) in [5, 5.41) is 37.7. The summed E-state index contributed by atoms with van der Waals surface area (Å²) in [7, 11) is -5.91. The first-order valence-corrected chi connectivity index (χ1v) is 7.27. The number of benzene rings is 1. The number of halogens is 1. The molecule has 0 spiro atoms. The van der Waals surface area contributed by atoms with Crippen LogP contribution in [0.2, 0.25) is 0 Å². The van der Waals surface area contributed by atoms with E-state index in [0.29, 0.717) is 4.47 Å². The van der Waals surface area contributed by atoms with Gasteiger partial charge in [-0.2, -0.15) is 8.42 Å². The lowest BCUT2D eigenvalue weighted by atomic mass is 9.87. The fraction of sp³-hybridized carbons (Fsp3) is 0.200. The monoisotopic (exact) mass is 384 g/mol. The summed E-state index contributed by atoms with van der Waals surface area (Å²) in [5.41, 5.74) is -4.60. The van der Waals surface area contributed by atoms with Crippen LogP contribution < -0.4 is 0 Å². The molecule has 0 aromatic heterocycles. The molecular formula is C10H9BrO9S. The van der Waals surface area contributed by atoms with Crippen LogP contribution in [0.1, 0.15) is 5.56 Å². The maximum absolute atomic E-state index is 11.2. The number of rotatable bonds is 5. The highest BCUT2D eigenvalue weighted by Gasteiger charge is 2.70. The Kier molecular flexibility index (Phi) is 4.46. The van der Waals surface area contributed by atoms with Gasteiger partial charge in [-0.25, -0.2) is 9.59 Å². The van der Waals surface area contributed by atoms with Crippen LogP contribution in [-0.4, -0.2) is 50.3 Å². The smallest absolute Gasteiger partial charge is 0.358 e. The molecule has 0 bridgehead atoms. The first-order chi connectivity index (χ1) is 9.39. The Morgan fingerprint density at radius 2 is 1.43 bits per heavy atom. The van der Waals surface area contributed by atoms with E-state index in [1.165, 1.54) is 12.1 Å². The summed E-state index contributed by atoms with van der Waals surface area (Å²) in [6, 6.07) is 4.10. The largest absolute Gasteiger partial charge is 0.479 e. The quantitative estimate of drug-likeness (QED) is 0.415. The normalized spacial score (nSPS) is 17.5. The molecule has 9 nitrogen and oxygen atoms in total. The fourth-order valence-corrected chi connectivity index (χ4v) is 2.67. The van der Waals surface area contributed by atoms with E-state index in [0.717, 1.165) is 12.1 Å².